The molecule has 2 aliphatic rings. The summed E-state index contributed by atoms with van der Waals surface area (Å²) in [5, 5.41) is 3.65. The number of hydrogen-bond donors (Lipinski definition) is 2. The van der Waals surface area contributed by atoms with Crippen molar-refractivity contribution in [1.82, 2.24) is 5.32 Å². The number of hydrogen-bond acceptors (Lipinski definition) is 4. The summed E-state index contributed by atoms with van der Waals surface area (Å²) in [6, 6.07) is 8.37. The zero-order valence-corrected chi connectivity index (χ0v) is 12.4. The molecule has 0 saturated heterocycles. The lowest BCUT2D eigenvalue weighted by atomic mass is 9.90. The summed E-state index contributed by atoms with van der Waals surface area (Å²) in [6.45, 7) is 0. The lowest BCUT2D eigenvalue weighted by Crippen LogP contribution is -2.41. The van der Waals surface area contributed by atoms with Gasteiger partial charge in [-0.1, -0.05) is 18.2 Å². The van der Waals surface area contributed by atoms with Crippen molar-refractivity contribution in [3.05, 3.63) is 29.8 Å². The molecule has 1 atom stereocenters. The highest BCUT2D eigenvalue weighted by atomic mass is 32.2. The highest BCUT2D eigenvalue weighted by Gasteiger charge is 2.31. The fourth-order valence-electron chi connectivity index (χ4n) is 3.33. The molecule has 3 rings (SSSR count). The normalized spacial score (nSPS) is 32.5. The van der Waals surface area contributed by atoms with Gasteiger partial charge in [-0.2, -0.15) is 0 Å². The summed E-state index contributed by atoms with van der Waals surface area (Å²) in [5.74, 6) is 0.244. The lowest BCUT2D eigenvalue weighted by molar-refractivity contribution is 0.309. The summed E-state index contributed by atoms with van der Waals surface area (Å²) in [6.07, 6.45) is 4.97. The molecule has 1 unspecified atom stereocenters. The maximum absolute atomic E-state index is 12.1. The van der Waals surface area contributed by atoms with Crippen molar-refractivity contribution in [2.45, 2.75) is 55.1 Å². The zero-order valence-electron chi connectivity index (χ0n) is 11.6. The molecule has 1 fully saturated rings. The highest BCUT2D eigenvalue weighted by molar-refractivity contribution is 7.91. The van der Waals surface area contributed by atoms with Crippen molar-refractivity contribution in [2.24, 2.45) is 5.73 Å². The molecule has 1 aromatic rings. The molecule has 20 heavy (non-hydrogen) atoms. The first-order chi connectivity index (χ1) is 9.56. The van der Waals surface area contributed by atoms with Crippen LogP contribution in [0, 0.1) is 0 Å². The minimum absolute atomic E-state index is 0.161. The Kier molecular flexibility index (Phi) is 3.84. The molecule has 1 heterocycles. The summed E-state index contributed by atoms with van der Waals surface area (Å²) in [4.78, 5) is 0.510. The molecule has 1 aromatic carbocycles. The predicted octanol–water partition coefficient (Wildman–Crippen LogP) is 1.76. The monoisotopic (exact) mass is 294 g/mol. The van der Waals surface area contributed by atoms with Crippen LogP contribution in [0.25, 0.3) is 0 Å². The first-order valence-electron chi connectivity index (χ1n) is 7.39. The predicted molar refractivity (Wildman–Crippen MR) is 79.2 cm³/mol. The van der Waals surface area contributed by atoms with E-state index in [0.717, 1.165) is 31.2 Å². The Balaban J connectivity index is 1.79. The second-order valence-corrected chi connectivity index (χ2v) is 8.05. The zero-order chi connectivity index (χ0) is 14.2. The smallest absolute Gasteiger partial charge is 0.178 e. The molecule has 0 aromatic heterocycles. The number of sulfone groups is 1. The highest BCUT2D eigenvalue weighted by Crippen LogP contribution is 2.33. The Bertz CT molecular complexity index is 577. The average molecular weight is 294 g/mol. The van der Waals surface area contributed by atoms with Gasteiger partial charge in [0.15, 0.2) is 9.84 Å². The minimum atomic E-state index is -3.08. The molecule has 1 saturated carbocycles. The summed E-state index contributed by atoms with van der Waals surface area (Å²) in [7, 11) is -3.08. The molecule has 0 spiro atoms. The standard InChI is InChI=1S/C15H22N2O2S/c16-11-5-7-12(8-6-11)17-14-9-10-20(18,19)15-4-2-1-3-13(14)15/h1-4,11-12,14,17H,5-10,16H2. The van der Waals surface area contributed by atoms with Crippen molar-refractivity contribution in [1.29, 1.82) is 0 Å². The summed E-state index contributed by atoms with van der Waals surface area (Å²) in [5.41, 5.74) is 6.87. The van der Waals surface area contributed by atoms with Gasteiger partial charge in [-0.05, 0) is 43.7 Å². The van der Waals surface area contributed by atoms with Crippen LogP contribution in [0.4, 0.5) is 0 Å². The molecule has 0 radical (unpaired) electrons. The fourth-order valence-corrected chi connectivity index (χ4v) is 4.95. The van der Waals surface area contributed by atoms with E-state index in [1.54, 1.807) is 12.1 Å². The third-order valence-electron chi connectivity index (χ3n) is 4.51. The second-order valence-electron chi connectivity index (χ2n) is 5.98. The van der Waals surface area contributed by atoms with E-state index in [1.807, 2.05) is 12.1 Å². The van der Waals surface area contributed by atoms with Gasteiger partial charge < -0.3 is 11.1 Å². The quantitative estimate of drug-likeness (QED) is 0.872. The molecular formula is C15H22N2O2S. The Morgan fingerprint density at radius 1 is 1.05 bits per heavy atom. The largest absolute Gasteiger partial charge is 0.328 e. The first kappa shape index (κ1) is 14.0. The lowest BCUT2D eigenvalue weighted by Gasteiger charge is -2.33. The number of rotatable bonds is 2. The number of nitrogens with one attached hydrogen (secondary N) is 1. The summed E-state index contributed by atoms with van der Waals surface area (Å²) >= 11 is 0. The molecule has 4 nitrogen and oxygen atoms in total. The molecule has 110 valence electrons. The van der Waals surface area contributed by atoms with Crippen molar-refractivity contribution >= 4 is 9.84 Å². The Morgan fingerprint density at radius 3 is 2.50 bits per heavy atom. The van der Waals surface area contributed by atoms with Crippen LogP contribution in [0.1, 0.15) is 43.7 Å². The van der Waals surface area contributed by atoms with E-state index in [9.17, 15) is 8.42 Å². The van der Waals surface area contributed by atoms with E-state index in [4.69, 9.17) is 5.73 Å². The van der Waals surface area contributed by atoms with Gasteiger partial charge in [0.2, 0.25) is 0 Å². The van der Waals surface area contributed by atoms with Crippen LogP contribution in [-0.2, 0) is 9.84 Å². The van der Waals surface area contributed by atoms with Gasteiger partial charge in [0.25, 0.3) is 0 Å². The van der Waals surface area contributed by atoms with Gasteiger partial charge in [0, 0.05) is 18.1 Å². The molecule has 3 N–H and O–H groups in total. The Labute approximate surface area is 120 Å². The second kappa shape index (κ2) is 5.47. The maximum Gasteiger partial charge on any atom is 0.178 e. The van der Waals surface area contributed by atoms with Gasteiger partial charge in [-0.15, -0.1) is 0 Å². The van der Waals surface area contributed by atoms with Crippen LogP contribution < -0.4 is 11.1 Å². The Hall–Kier alpha value is -0.910. The van der Waals surface area contributed by atoms with E-state index < -0.39 is 9.84 Å². The van der Waals surface area contributed by atoms with Gasteiger partial charge in [-0.25, -0.2) is 8.42 Å². The van der Waals surface area contributed by atoms with Crippen LogP contribution in [0.3, 0.4) is 0 Å². The van der Waals surface area contributed by atoms with Crippen LogP contribution in [0.2, 0.25) is 0 Å². The SMILES string of the molecule is NC1CCC(NC2CCS(=O)(=O)c3ccccc32)CC1. The average Bonchev–Trinajstić information content (AvgIpc) is 2.45. The minimum Gasteiger partial charge on any atom is -0.328 e. The molecule has 1 aliphatic carbocycles. The molecule has 1 aliphatic heterocycles. The molecule has 0 bridgehead atoms. The van der Waals surface area contributed by atoms with Crippen LogP contribution in [-0.4, -0.2) is 26.3 Å². The number of benzene rings is 1. The van der Waals surface area contributed by atoms with Crippen molar-refractivity contribution < 1.29 is 8.42 Å². The topological polar surface area (TPSA) is 72.2 Å². The Morgan fingerprint density at radius 2 is 1.75 bits per heavy atom. The van der Waals surface area contributed by atoms with E-state index in [1.165, 1.54) is 0 Å². The van der Waals surface area contributed by atoms with E-state index >= 15 is 0 Å². The maximum atomic E-state index is 12.1. The fraction of sp³-hybridized carbons (Fsp3) is 0.600. The number of fused-ring (bicyclic) bond motifs is 1. The molecule has 0 amide bonds. The van der Waals surface area contributed by atoms with Crippen LogP contribution in [0.5, 0.6) is 0 Å². The van der Waals surface area contributed by atoms with Crippen LogP contribution in [0.15, 0.2) is 29.2 Å². The third-order valence-corrected chi connectivity index (χ3v) is 6.33. The third kappa shape index (κ3) is 2.75. The van der Waals surface area contributed by atoms with Gasteiger partial charge in [0.1, 0.15) is 0 Å². The van der Waals surface area contributed by atoms with Gasteiger partial charge in [-0.3, -0.25) is 0 Å². The van der Waals surface area contributed by atoms with E-state index in [0.29, 0.717) is 23.4 Å². The molecular weight excluding hydrogens is 272 g/mol. The van der Waals surface area contributed by atoms with Crippen LogP contribution >= 0.6 is 0 Å². The van der Waals surface area contributed by atoms with Crippen molar-refractivity contribution in [3.63, 3.8) is 0 Å². The van der Waals surface area contributed by atoms with Crippen molar-refractivity contribution in [2.75, 3.05) is 5.75 Å². The van der Waals surface area contributed by atoms with Gasteiger partial charge in [0.05, 0.1) is 10.6 Å². The number of nitrogens with two attached hydrogens (primary N) is 1. The van der Waals surface area contributed by atoms with E-state index in [-0.39, 0.29) is 11.8 Å². The van der Waals surface area contributed by atoms with Gasteiger partial charge >= 0.3 is 0 Å². The first-order valence-corrected chi connectivity index (χ1v) is 9.05. The van der Waals surface area contributed by atoms with Crippen molar-refractivity contribution in [3.8, 4) is 0 Å². The molecule has 5 heteroatoms. The summed E-state index contributed by atoms with van der Waals surface area (Å²) < 4.78 is 24.2. The van der Waals surface area contributed by atoms with E-state index in [2.05, 4.69) is 5.32 Å².